The van der Waals surface area contributed by atoms with Crippen LogP contribution >= 0.6 is 0 Å². The van der Waals surface area contributed by atoms with Crippen molar-refractivity contribution in [1.82, 2.24) is 19.3 Å². The Morgan fingerprint density at radius 2 is 1.45 bits per heavy atom. The van der Waals surface area contributed by atoms with Gasteiger partial charge in [0.1, 0.15) is 31.1 Å². The van der Waals surface area contributed by atoms with Crippen LogP contribution in [0.3, 0.4) is 0 Å². The topological polar surface area (TPSA) is 214 Å². The van der Waals surface area contributed by atoms with Gasteiger partial charge in [0.2, 0.25) is 0 Å². The number of hydrogen-bond donors (Lipinski definition) is 6. The van der Waals surface area contributed by atoms with Crippen molar-refractivity contribution in [3.63, 3.8) is 0 Å². The van der Waals surface area contributed by atoms with Gasteiger partial charge in [-0.15, -0.1) is 0 Å². The van der Waals surface area contributed by atoms with Crippen LogP contribution in [0, 0.1) is 6.92 Å². The maximum Gasteiger partial charge on any atom is 0.738 e. The number of nitrogens with one attached hydrogen (secondary N) is 2. The lowest BCUT2D eigenvalue weighted by atomic mass is 9.83. The Morgan fingerprint density at radius 1 is 0.821 bits per heavy atom. The molecule has 294 valence electrons. The largest absolute Gasteiger partial charge is 0.738 e. The van der Waals surface area contributed by atoms with E-state index >= 15 is 8.63 Å². The van der Waals surface area contributed by atoms with Gasteiger partial charge in [-0.1, -0.05) is 6.07 Å². The van der Waals surface area contributed by atoms with Crippen molar-refractivity contribution in [2.24, 2.45) is 0 Å². The number of carboxylic acids is 4. The van der Waals surface area contributed by atoms with E-state index in [2.05, 4.69) is 9.97 Å². The van der Waals surface area contributed by atoms with Crippen molar-refractivity contribution in [3.05, 3.63) is 101 Å². The van der Waals surface area contributed by atoms with E-state index in [0.717, 1.165) is 13.9 Å². The molecule has 0 radical (unpaired) electrons. The van der Waals surface area contributed by atoms with Crippen molar-refractivity contribution in [1.29, 1.82) is 0 Å². The van der Waals surface area contributed by atoms with Crippen LogP contribution in [0.5, 0.6) is 5.75 Å². The molecule has 6 rings (SSSR count). The predicted octanol–water partition coefficient (Wildman–Crippen LogP) is 3.42. The molecule has 0 bridgehead atoms. The molecule has 0 fully saturated rings. The first-order valence-electron chi connectivity index (χ1n) is 17.5. The van der Waals surface area contributed by atoms with Crippen LogP contribution in [-0.2, 0) is 23.9 Å². The molecule has 0 spiro atoms. The smallest absolute Gasteiger partial charge is 0.489 e. The van der Waals surface area contributed by atoms with Crippen LogP contribution in [0.15, 0.2) is 78.3 Å². The number of aromatic nitrogens is 3. The van der Waals surface area contributed by atoms with E-state index in [0.29, 0.717) is 33.7 Å². The molecular formula is C37H39BF2N6O10. The van der Waals surface area contributed by atoms with Gasteiger partial charge < -0.3 is 62.4 Å². The summed E-state index contributed by atoms with van der Waals surface area (Å²) in [4.78, 5) is 54.4. The summed E-state index contributed by atoms with van der Waals surface area (Å²) >= 11 is 0. The Balaban J connectivity index is 1.44. The van der Waals surface area contributed by atoms with Crippen LogP contribution in [0.2, 0.25) is 0 Å². The average Bonchev–Trinajstić information content (AvgIpc) is 3.93. The number of nitrogens with zero attached hydrogens (tertiary/aromatic N) is 4. The number of aliphatic carboxylic acids is 4. The monoisotopic (exact) mass is 776 g/mol. The fourth-order valence-electron chi connectivity index (χ4n) is 7.18. The van der Waals surface area contributed by atoms with E-state index in [1.807, 2.05) is 0 Å². The number of fused-ring (bicyclic) bond motifs is 2. The van der Waals surface area contributed by atoms with Gasteiger partial charge in [0.15, 0.2) is 11.4 Å². The number of aryl methyl sites for hydroxylation is 1. The van der Waals surface area contributed by atoms with Crippen LogP contribution < -0.4 is 9.64 Å². The van der Waals surface area contributed by atoms with Crippen LogP contribution in [0.1, 0.15) is 29.4 Å². The minimum atomic E-state index is -4.50. The second-order valence-corrected chi connectivity index (χ2v) is 13.3. The Kier molecular flexibility index (Phi) is 11.3. The fraction of sp³-hybridized carbons (Fsp3) is 0.270. The number of hydrogen-bond acceptors (Lipinski definition) is 8. The Morgan fingerprint density at radius 3 is 2.04 bits per heavy atom. The van der Waals surface area contributed by atoms with Gasteiger partial charge in [-0.2, -0.15) is 0 Å². The Hall–Kier alpha value is -6.47. The number of halogens is 2. The number of allylic oxidation sites excluding steroid dienone is 2. The Labute approximate surface area is 318 Å². The zero-order chi connectivity index (χ0) is 40.3. The quantitative estimate of drug-likeness (QED) is 0.0598. The molecular weight excluding hydrogens is 737 g/mol. The Bertz CT molecular complexity index is 2230. The van der Waals surface area contributed by atoms with Crippen molar-refractivity contribution >= 4 is 47.8 Å². The third-order valence-electron chi connectivity index (χ3n) is 9.29. The maximum absolute atomic E-state index is 17.3. The van der Waals surface area contributed by atoms with Crippen molar-refractivity contribution < 1.29 is 62.2 Å². The minimum Gasteiger partial charge on any atom is -0.489 e. The number of anilines is 1. The normalized spacial score (nSPS) is 14.5. The number of H-pyrrole nitrogens is 2. The molecule has 16 nitrogen and oxygen atoms in total. The van der Waals surface area contributed by atoms with Crippen molar-refractivity contribution in [3.8, 4) is 17.1 Å². The first-order chi connectivity index (χ1) is 26.7. The minimum absolute atomic E-state index is 0.0122. The molecule has 0 aliphatic carbocycles. The third-order valence-corrected chi connectivity index (χ3v) is 9.29. The summed E-state index contributed by atoms with van der Waals surface area (Å²) in [6.45, 7) is -3.74. The molecule has 0 saturated heterocycles. The van der Waals surface area contributed by atoms with Gasteiger partial charge in [-0.25, -0.2) is 0 Å². The zero-order valence-corrected chi connectivity index (χ0v) is 30.4. The van der Waals surface area contributed by atoms with Crippen molar-refractivity contribution in [2.75, 3.05) is 57.4 Å². The standard InChI is InChI=1S/C37H39BF2N6O10/c1-22-15-28(25-5-3-9-41-25)45-36(22)35(37-23(2)16-29(26-6-4-10-42-26)46(37)38(45,39)40)24-7-8-27(44(20-33(51)52)21-34(53)54)30(17-24)56-14-13-55-12-11-43(18-31(47)48)19-32(49)50/h3-10,15-17,41-42H,11-14,18-21H2,1-2H3,(H,47,48)(H,49,50)(H,51,52)(H,53,54). The highest BCUT2D eigenvalue weighted by Gasteiger charge is 2.56. The first kappa shape index (κ1) is 39.2. The van der Waals surface area contributed by atoms with Gasteiger partial charge in [-0.05, 0) is 67.4 Å². The number of ether oxygens (including phenoxy) is 2. The molecule has 6 N–H and O–H groups in total. The number of carboxylic acid groups (broad SMARTS) is 4. The van der Waals surface area contributed by atoms with Gasteiger partial charge in [0.25, 0.3) is 0 Å². The van der Waals surface area contributed by atoms with E-state index < -0.39 is 57.0 Å². The molecule has 3 aromatic heterocycles. The molecule has 4 aromatic rings. The molecule has 1 aromatic carbocycles. The van der Waals surface area contributed by atoms with E-state index in [1.165, 1.54) is 11.0 Å². The second kappa shape index (κ2) is 16.1. The van der Waals surface area contributed by atoms with Gasteiger partial charge in [0, 0.05) is 42.0 Å². The number of rotatable bonds is 19. The highest BCUT2D eigenvalue weighted by molar-refractivity contribution is 6.59. The summed E-state index contributed by atoms with van der Waals surface area (Å²) in [6.07, 6.45) is 4.98. The van der Waals surface area contributed by atoms with Crippen LogP contribution in [0.4, 0.5) is 14.3 Å². The maximum atomic E-state index is 17.3. The molecule has 0 unspecified atom stereocenters. The number of benzene rings is 1. The third kappa shape index (κ3) is 7.99. The summed E-state index contributed by atoms with van der Waals surface area (Å²) in [5.74, 6) is -4.98. The predicted molar refractivity (Wildman–Crippen MR) is 199 cm³/mol. The molecule has 2 aliphatic rings. The summed E-state index contributed by atoms with van der Waals surface area (Å²) in [5, 5.41) is 37.5. The summed E-state index contributed by atoms with van der Waals surface area (Å²) in [6, 6.07) is 13.2. The fourth-order valence-corrected chi connectivity index (χ4v) is 7.18. The summed E-state index contributed by atoms with van der Waals surface area (Å²) in [5.41, 5.74) is 4.00. The van der Waals surface area contributed by atoms with Crippen LogP contribution in [0.25, 0.3) is 17.0 Å². The average molecular weight is 777 g/mol. The molecule has 2 aliphatic heterocycles. The highest BCUT2D eigenvalue weighted by Crippen LogP contribution is 2.47. The van der Waals surface area contributed by atoms with E-state index in [1.54, 1.807) is 74.8 Å². The van der Waals surface area contributed by atoms with E-state index in [9.17, 15) is 29.4 Å². The first-order valence-corrected chi connectivity index (χ1v) is 17.5. The lowest BCUT2D eigenvalue weighted by molar-refractivity contribution is -0.362. The van der Waals surface area contributed by atoms with Crippen molar-refractivity contribution in [2.45, 2.75) is 13.8 Å². The zero-order valence-electron chi connectivity index (χ0n) is 30.4. The van der Waals surface area contributed by atoms with E-state index in [4.69, 9.17) is 19.7 Å². The lowest BCUT2D eigenvalue weighted by Gasteiger charge is -2.34. The molecule has 0 saturated carbocycles. The van der Waals surface area contributed by atoms with Gasteiger partial charge >= 0.3 is 30.8 Å². The molecule has 19 heteroatoms. The highest BCUT2D eigenvalue weighted by atomic mass is 19.2. The molecule has 0 atom stereocenters. The summed E-state index contributed by atoms with van der Waals surface area (Å²) in [7, 11) is 0. The SMILES string of the molecule is CC1=CC(c2ccc[nH]2)=[N+]2C1=C(c1ccc(N(CC(=O)O)CC(=O)O)c(OCCOCCN(CC(=O)O)CC(=O)O)c1)c1c(C)cc(-c3ccc[nH]3)n1[B-]2(F)F. The molecule has 56 heavy (non-hydrogen) atoms. The molecule has 5 heterocycles. The second-order valence-electron chi connectivity index (χ2n) is 13.3. The van der Waals surface area contributed by atoms with Gasteiger partial charge in [0.05, 0.1) is 43.3 Å². The molecule has 0 amide bonds. The number of carbonyl (C=O) groups is 4. The van der Waals surface area contributed by atoms with Crippen LogP contribution in [-0.4, -0.2) is 133 Å². The lowest BCUT2D eigenvalue weighted by Crippen LogP contribution is -2.51. The summed E-state index contributed by atoms with van der Waals surface area (Å²) < 4.78 is 48.3. The van der Waals surface area contributed by atoms with E-state index in [-0.39, 0.29) is 60.6 Å². The number of aromatic amines is 2. The van der Waals surface area contributed by atoms with Gasteiger partial charge in [-0.3, -0.25) is 24.1 Å².